The molecule has 0 saturated carbocycles. The molecular weight excluding hydrogens is 520 g/mol. The molecule has 1 atom stereocenters. The molecule has 0 saturated heterocycles. The van der Waals surface area contributed by atoms with Gasteiger partial charge in [0.2, 0.25) is 0 Å². The standard InChI is InChI=1S/C20H15N3O6.C8H17NO2/c1-2-20(26)13-7-16-17-10(8-22(16)18(24)12(13)9-29-19(20)25)6-11-14(21-17)4-3-5-15(11)23(27)28;1-2-3-4-5-6-11-8(10)7-9/h3-7,26H,2,8-9H2,1H3;2-7,9H2,1H3. The Morgan fingerprint density at radius 2 is 2.02 bits per heavy atom. The van der Waals surface area contributed by atoms with Crippen molar-refractivity contribution in [3.05, 3.63) is 67.5 Å². The summed E-state index contributed by atoms with van der Waals surface area (Å²) in [5.74, 6) is -1.08. The fourth-order valence-corrected chi connectivity index (χ4v) is 4.92. The van der Waals surface area contributed by atoms with Gasteiger partial charge in [0, 0.05) is 17.2 Å². The molecule has 1 aromatic carbocycles. The van der Waals surface area contributed by atoms with Crippen LogP contribution in [-0.4, -0.2) is 44.7 Å². The third-order valence-electron chi connectivity index (χ3n) is 7.15. The second kappa shape index (κ2) is 11.9. The highest BCUT2D eigenvalue weighted by Gasteiger charge is 2.45. The predicted octanol–water partition coefficient (Wildman–Crippen LogP) is 3.06. The molecule has 2 aromatic heterocycles. The Bertz CT molecular complexity index is 1530. The van der Waals surface area contributed by atoms with Crippen LogP contribution in [0.15, 0.2) is 35.1 Å². The van der Waals surface area contributed by atoms with E-state index in [1.165, 1.54) is 23.5 Å². The first-order chi connectivity index (χ1) is 19.2. The number of carbonyl (C=O) groups is 2. The highest BCUT2D eigenvalue weighted by molar-refractivity contribution is 5.91. The van der Waals surface area contributed by atoms with Crippen molar-refractivity contribution >= 4 is 28.5 Å². The van der Waals surface area contributed by atoms with Gasteiger partial charge in [-0.1, -0.05) is 39.2 Å². The van der Waals surface area contributed by atoms with Gasteiger partial charge in [-0.2, -0.15) is 0 Å². The van der Waals surface area contributed by atoms with Gasteiger partial charge in [0.1, 0.15) is 6.61 Å². The number of nitrogens with two attached hydrogens (primary N) is 1. The SMILES string of the molecule is CCC1(O)C(=O)OCc2c1cc1n(c2=O)Cc2cc3c([N+](=O)[O-])cccc3nc2-1.CCCCCCOC(=O)CN. The average molecular weight is 553 g/mol. The zero-order valence-electron chi connectivity index (χ0n) is 22.5. The van der Waals surface area contributed by atoms with E-state index in [1.807, 2.05) is 0 Å². The summed E-state index contributed by atoms with van der Waals surface area (Å²) >= 11 is 0. The zero-order valence-corrected chi connectivity index (χ0v) is 22.5. The number of esters is 2. The molecule has 1 unspecified atom stereocenters. The highest BCUT2D eigenvalue weighted by Crippen LogP contribution is 2.39. The maximum Gasteiger partial charge on any atom is 0.343 e. The third kappa shape index (κ3) is 5.32. The van der Waals surface area contributed by atoms with Crippen molar-refractivity contribution in [1.29, 1.82) is 0 Å². The van der Waals surface area contributed by atoms with Crippen molar-refractivity contribution in [2.24, 2.45) is 5.73 Å². The van der Waals surface area contributed by atoms with Gasteiger partial charge in [-0.15, -0.1) is 0 Å². The van der Waals surface area contributed by atoms with Crippen molar-refractivity contribution in [1.82, 2.24) is 9.55 Å². The first-order valence-electron chi connectivity index (χ1n) is 13.3. The summed E-state index contributed by atoms with van der Waals surface area (Å²) in [6.45, 7) is 4.30. The Labute approximate surface area is 229 Å². The molecular formula is C28H32N4O8. The molecule has 2 aliphatic heterocycles. The number of nitro groups is 1. The lowest BCUT2D eigenvalue weighted by Crippen LogP contribution is -2.44. The van der Waals surface area contributed by atoms with Crippen molar-refractivity contribution in [2.45, 2.75) is 64.7 Å². The number of hydrogen-bond donors (Lipinski definition) is 2. The lowest BCUT2D eigenvalue weighted by Gasteiger charge is -2.31. The van der Waals surface area contributed by atoms with Crippen LogP contribution in [0.4, 0.5) is 5.69 Å². The monoisotopic (exact) mass is 552 g/mol. The van der Waals surface area contributed by atoms with Crippen molar-refractivity contribution in [2.75, 3.05) is 13.2 Å². The number of non-ortho nitro benzene ring substituents is 1. The van der Waals surface area contributed by atoms with Crippen LogP contribution in [0.2, 0.25) is 0 Å². The lowest BCUT2D eigenvalue weighted by atomic mass is 9.86. The number of unbranched alkanes of at least 4 members (excludes halogenated alkanes) is 3. The molecule has 0 bridgehead atoms. The Morgan fingerprint density at radius 3 is 2.70 bits per heavy atom. The van der Waals surface area contributed by atoms with Gasteiger partial charge in [-0.05, 0) is 31.0 Å². The van der Waals surface area contributed by atoms with Gasteiger partial charge < -0.3 is 24.9 Å². The molecule has 0 aliphatic carbocycles. The number of aromatic nitrogens is 2. The van der Waals surface area contributed by atoms with Crippen LogP contribution in [0.3, 0.4) is 0 Å². The number of carbonyl (C=O) groups excluding carboxylic acids is 2. The molecule has 2 aliphatic rings. The summed E-state index contributed by atoms with van der Waals surface area (Å²) in [4.78, 5) is 51.2. The van der Waals surface area contributed by atoms with E-state index in [-0.39, 0.29) is 54.5 Å². The Kier molecular flexibility index (Phi) is 8.60. The summed E-state index contributed by atoms with van der Waals surface area (Å²) in [6, 6.07) is 7.92. The summed E-state index contributed by atoms with van der Waals surface area (Å²) < 4.78 is 11.3. The van der Waals surface area contributed by atoms with E-state index < -0.39 is 16.5 Å². The smallest absolute Gasteiger partial charge is 0.343 e. The number of fused-ring (bicyclic) bond motifs is 5. The van der Waals surface area contributed by atoms with Crippen LogP contribution >= 0.6 is 0 Å². The quantitative estimate of drug-likeness (QED) is 0.143. The first-order valence-corrected chi connectivity index (χ1v) is 13.3. The van der Waals surface area contributed by atoms with Crippen molar-refractivity contribution in [3.63, 3.8) is 0 Å². The molecule has 4 heterocycles. The fraction of sp³-hybridized carbons (Fsp3) is 0.429. The molecule has 12 heteroatoms. The number of rotatable bonds is 8. The molecule has 0 fully saturated rings. The number of cyclic esters (lactones) is 1. The van der Waals surface area contributed by atoms with E-state index in [9.17, 15) is 29.6 Å². The van der Waals surface area contributed by atoms with Gasteiger partial charge in [0.25, 0.3) is 11.2 Å². The maximum absolute atomic E-state index is 13.1. The van der Waals surface area contributed by atoms with E-state index in [4.69, 9.17) is 15.2 Å². The summed E-state index contributed by atoms with van der Waals surface area (Å²) in [6.07, 6.45) is 4.56. The van der Waals surface area contributed by atoms with Crippen molar-refractivity contribution in [3.8, 4) is 11.4 Å². The third-order valence-corrected chi connectivity index (χ3v) is 7.15. The van der Waals surface area contributed by atoms with E-state index in [1.54, 1.807) is 31.2 Å². The minimum atomic E-state index is -1.89. The number of nitro benzene ring substituents is 1. The molecule has 0 spiro atoms. The molecule has 40 heavy (non-hydrogen) atoms. The second-order valence-electron chi connectivity index (χ2n) is 9.69. The Hall–Kier alpha value is -4.16. The molecule has 12 nitrogen and oxygen atoms in total. The predicted molar refractivity (Wildman–Crippen MR) is 145 cm³/mol. The number of pyridine rings is 2. The van der Waals surface area contributed by atoms with Gasteiger partial charge in [-0.3, -0.25) is 19.7 Å². The number of nitrogens with zero attached hydrogens (tertiary/aromatic N) is 3. The van der Waals surface area contributed by atoms with Crippen LogP contribution in [0.5, 0.6) is 0 Å². The van der Waals surface area contributed by atoms with Crippen LogP contribution in [0.1, 0.15) is 62.6 Å². The van der Waals surface area contributed by atoms with Crippen LogP contribution in [-0.2, 0) is 37.8 Å². The largest absolute Gasteiger partial charge is 0.465 e. The van der Waals surface area contributed by atoms with Gasteiger partial charge in [-0.25, -0.2) is 9.78 Å². The lowest BCUT2D eigenvalue weighted by molar-refractivity contribution is -0.383. The fourth-order valence-electron chi connectivity index (χ4n) is 4.92. The Morgan fingerprint density at radius 1 is 1.25 bits per heavy atom. The van der Waals surface area contributed by atoms with E-state index in [0.29, 0.717) is 34.5 Å². The Balaban J connectivity index is 0.000000288. The minimum Gasteiger partial charge on any atom is -0.465 e. The number of aliphatic hydroxyl groups is 1. The van der Waals surface area contributed by atoms with Gasteiger partial charge in [0.15, 0.2) is 5.60 Å². The second-order valence-corrected chi connectivity index (χ2v) is 9.69. The first kappa shape index (κ1) is 28.8. The number of hydrogen-bond acceptors (Lipinski definition) is 10. The summed E-state index contributed by atoms with van der Waals surface area (Å²) in [7, 11) is 0. The number of ether oxygens (including phenoxy) is 2. The van der Waals surface area contributed by atoms with Crippen LogP contribution in [0, 0.1) is 10.1 Å². The van der Waals surface area contributed by atoms with E-state index in [0.717, 1.165) is 12.8 Å². The minimum absolute atomic E-state index is 0.00617. The number of benzene rings is 1. The van der Waals surface area contributed by atoms with Gasteiger partial charge in [0.05, 0.1) is 52.5 Å². The zero-order chi connectivity index (χ0) is 29.0. The topological polar surface area (TPSA) is 177 Å². The summed E-state index contributed by atoms with van der Waals surface area (Å²) in [5, 5.41) is 22.6. The molecule has 0 radical (unpaired) electrons. The molecule has 0 amide bonds. The van der Waals surface area contributed by atoms with Crippen LogP contribution < -0.4 is 11.3 Å². The molecule has 5 rings (SSSR count). The van der Waals surface area contributed by atoms with Gasteiger partial charge >= 0.3 is 11.9 Å². The molecule has 212 valence electrons. The highest BCUT2D eigenvalue weighted by atomic mass is 16.6. The molecule has 3 N–H and O–H groups in total. The summed E-state index contributed by atoms with van der Waals surface area (Å²) in [5.41, 5.74) is 5.28. The van der Waals surface area contributed by atoms with E-state index >= 15 is 0 Å². The van der Waals surface area contributed by atoms with E-state index in [2.05, 4.69) is 11.9 Å². The maximum atomic E-state index is 13.1. The average Bonchev–Trinajstić information content (AvgIpc) is 3.31. The molecule has 3 aromatic rings. The van der Waals surface area contributed by atoms with Crippen molar-refractivity contribution < 1.29 is 29.1 Å². The van der Waals surface area contributed by atoms with Crippen LogP contribution in [0.25, 0.3) is 22.3 Å². The normalized spacial score (nSPS) is 16.8.